The fourth-order valence-corrected chi connectivity index (χ4v) is 4.81. The van der Waals surface area contributed by atoms with Crippen molar-refractivity contribution < 1.29 is 17.9 Å². The van der Waals surface area contributed by atoms with E-state index < -0.39 is 10.0 Å². The number of nitrogens with zero attached hydrogens (tertiary/aromatic N) is 3. The molecule has 9 heteroatoms. The van der Waals surface area contributed by atoms with Gasteiger partial charge in [-0.15, -0.1) is 11.3 Å². The Hall–Kier alpha value is -2.46. The number of aromatic nitrogens is 1. The molecule has 0 atom stereocenters. The van der Waals surface area contributed by atoms with E-state index in [0.29, 0.717) is 19.8 Å². The minimum absolute atomic E-state index is 0.263. The molecule has 7 nitrogen and oxygen atoms in total. The summed E-state index contributed by atoms with van der Waals surface area (Å²) in [4.78, 5) is 5.89. The predicted octanol–water partition coefficient (Wildman–Crippen LogP) is 3.74. The maximum atomic E-state index is 12.3. The monoisotopic (exact) mass is 461 g/mol. The van der Waals surface area contributed by atoms with Crippen LogP contribution in [0.5, 0.6) is 5.75 Å². The normalized spacial score (nSPS) is 12.5. The van der Waals surface area contributed by atoms with Gasteiger partial charge in [0, 0.05) is 33.1 Å². The van der Waals surface area contributed by atoms with Gasteiger partial charge in [-0.3, -0.25) is 0 Å². The Labute approximate surface area is 187 Å². The molecule has 0 spiro atoms. The van der Waals surface area contributed by atoms with Crippen LogP contribution in [0.3, 0.4) is 0 Å². The van der Waals surface area contributed by atoms with Crippen LogP contribution < -0.4 is 9.54 Å². The molecule has 0 radical (unpaired) electrons. The molecule has 0 saturated carbocycles. The van der Waals surface area contributed by atoms with Gasteiger partial charge in [-0.05, 0) is 48.9 Å². The first-order valence-corrected chi connectivity index (χ1v) is 12.2. The van der Waals surface area contributed by atoms with Crippen LogP contribution in [0.4, 0.5) is 5.69 Å². The molecule has 0 aliphatic heterocycles. The molecule has 1 heterocycles. The van der Waals surface area contributed by atoms with E-state index in [1.165, 1.54) is 29.7 Å². The molecule has 0 aliphatic rings. The Bertz CT molecular complexity index is 1160. The van der Waals surface area contributed by atoms with E-state index in [9.17, 15) is 8.42 Å². The van der Waals surface area contributed by atoms with Crippen LogP contribution in [0.2, 0.25) is 0 Å². The maximum absolute atomic E-state index is 12.3. The molecule has 2 aromatic carbocycles. The van der Waals surface area contributed by atoms with Crippen molar-refractivity contribution in [3.05, 3.63) is 58.7 Å². The predicted molar refractivity (Wildman–Crippen MR) is 123 cm³/mol. The number of ether oxygens (including phenoxy) is 2. The van der Waals surface area contributed by atoms with Gasteiger partial charge in [0.1, 0.15) is 5.75 Å². The van der Waals surface area contributed by atoms with Gasteiger partial charge in [0.25, 0.3) is 0 Å². The quantitative estimate of drug-likeness (QED) is 0.487. The van der Waals surface area contributed by atoms with E-state index in [2.05, 4.69) is 4.57 Å². The summed E-state index contributed by atoms with van der Waals surface area (Å²) in [5, 5.41) is 2.03. The van der Waals surface area contributed by atoms with Gasteiger partial charge in [0.2, 0.25) is 10.0 Å². The summed E-state index contributed by atoms with van der Waals surface area (Å²) in [6, 6.07) is 14.6. The summed E-state index contributed by atoms with van der Waals surface area (Å²) in [5.74, 6) is 0.813. The van der Waals surface area contributed by atoms with E-state index in [1.807, 2.05) is 48.7 Å². The van der Waals surface area contributed by atoms with Gasteiger partial charge in [-0.25, -0.2) is 17.7 Å². The second-order valence-electron chi connectivity index (χ2n) is 6.90. The van der Waals surface area contributed by atoms with E-state index in [-0.39, 0.29) is 4.90 Å². The zero-order valence-corrected chi connectivity index (χ0v) is 19.7. The van der Waals surface area contributed by atoms with Crippen LogP contribution in [0.1, 0.15) is 6.92 Å². The molecular weight excluding hydrogens is 434 g/mol. The smallest absolute Gasteiger partial charge is 0.242 e. The highest BCUT2D eigenvalue weighted by atomic mass is 32.2. The largest absolute Gasteiger partial charge is 0.494 e. The third-order valence-corrected chi connectivity index (χ3v) is 7.31. The van der Waals surface area contributed by atoms with Crippen molar-refractivity contribution in [3.63, 3.8) is 0 Å². The number of rotatable bonds is 9. The van der Waals surface area contributed by atoms with Crippen LogP contribution >= 0.6 is 11.3 Å². The van der Waals surface area contributed by atoms with Crippen LogP contribution in [0, 0.1) is 0 Å². The number of benzene rings is 2. The molecule has 0 bridgehead atoms. The van der Waals surface area contributed by atoms with E-state index in [0.717, 1.165) is 27.5 Å². The number of hydrogen-bond acceptors (Lipinski definition) is 6. The van der Waals surface area contributed by atoms with E-state index in [1.54, 1.807) is 19.2 Å². The first-order chi connectivity index (χ1) is 14.9. The molecule has 1 aromatic heterocycles. The second kappa shape index (κ2) is 10.2. The summed E-state index contributed by atoms with van der Waals surface area (Å²) in [6.07, 6.45) is 0. The Balaban J connectivity index is 1.99. The molecule has 3 rings (SSSR count). The van der Waals surface area contributed by atoms with Crippen molar-refractivity contribution in [1.29, 1.82) is 0 Å². The molecule has 0 fully saturated rings. The molecule has 0 amide bonds. The van der Waals surface area contributed by atoms with Crippen molar-refractivity contribution in [2.75, 3.05) is 34.4 Å². The SMILES string of the molecule is CCOc1ccc(N=c2scc(-c3ccc(S(=O)(=O)N(C)C)cc3)n2CCOC)cc1. The summed E-state index contributed by atoms with van der Waals surface area (Å²) in [6.45, 7) is 3.74. The highest BCUT2D eigenvalue weighted by Crippen LogP contribution is 2.24. The van der Waals surface area contributed by atoms with Crippen molar-refractivity contribution in [2.45, 2.75) is 18.4 Å². The van der Waals surface area contributed by atoms with Crippen LogP contribution in [0.15, 0.2) is 63.8 Å². The minimum atomic E-state index is -3.46. The lowest BCUT2D eigenvalue weighted by Crippen LogP contribution is -2.22. The minimum Gasteiger partial charge on any atom is -0.494 e. The van der Waals surface area contributed by atoms with Crippen LogP contribution in [-0.4, -0.2) is 51.7 Å². The fourth-order valence-electron chi connectivity index (χ4n) is 2.95. The number of sulfonamides is 1. The summed E-state index contributed by atoms with van der Waals surface area (Å²) in [5.41, 5.74) is 2.70. The zero-order chi connectivity index (χ0) is 22.4. The summed E-state index contributed by atoms with van der Waals surface area (Å²) < 4.78 is 38.8. The number of methoxy groups -OCH3 is 1. The Morgan fingerprint density at radius 1 is 1.06 bits per heavy atom. The molecule has 0 unspecified atom stereocenters. The number of hydrogen-bond donors (Lipinski definition) is 0. The standard InChI is InChI=1S/C22H27N3O4S2/c1-5-29-19-10-8-18(9-11-19)23-22-25(14-15-28-4)21(16-30-22)17-6-12-20(13-7-17)31(26,27)24(2)3/h6-13,16H,5,14-15H2,1-4H3. The van der Waals surface area contributed by atoms with Gasteiger partial charge >= 0.3 is 0 Å². The Morgan fingerprint density at radius 2 is 1.74 bits per heavy atom. The molecule has 0 aliphatic carbocycles. The van der Waals surface area contributed by atoms with Gasteiger partial charge in [0.15, 0.2) is 4.80 Å². The van der Waals surface area contributed by atoms with Gasteiger partial charge in [-0.1, -0.05) is 12.1 Å². The topological polar surface area (TPSA) is 73.1 Å². The van der Waals surface area contributed by atoms with Crippen LogP contribution in [-0.2, 0) is 21.3 Å². The van der Waals surface area contributed by atoms with Crippen molar-refractivity contribution in [2.24, 2.45) is 4.99 Å². The summed E-state index contributed by atoms with van der Waals surface area (Å²) >= 11 is 1.53. The molecule has 166 valence electrons. The first-order valence-electron chi connectivity index (χ1n) is 9.84. The lowest BCUT2D eigenvalue weighted by atomic mass is 10.2. The summed E-state index contributed by atoms with van der Waals surface area (Å²) in [7, 11) is 1.25. The molecule has 3 aromatic rings. The maximum Gasteiger partial charge on any atom is 0.242 e. The van der Waals surface area contributed by atoms with E-state index >= 15 is 0 Å². The zero-order valence-electron chi connectivity index (χ0n) is 18.1. The van der Waals surface area contributed by atoms with Gasteiger partial charge < -0.3 is 14.0 Å². The highest BCUT2D eigenvalue weighted by Gasteiger charge is 2.17. The Kier molecular flexibility index (Phi) is 7.66. The Morgan fingerprint density at radius 3 is 2.32 bits per heavy atom. The average molecular weight is 462 g/mol. The third-order valence-electron chi connectivity index (χ3n) is 4.62. The molecular formula is C22H27N3O4S2. The van der Waals surface area contributed by atoms with Crippen molar-refractivity contribution >= 4 is 27.0 Å². The van der Waals surface area contributed by atoms with E-state index in [4.69, 9.17) is 14.5 Å². The lowest BCUT2D eigenvalue weighted by Gasteiger charge is -2.12. The highest BCUT2D eigenvalue weighted by molar-refractivity contribution is 7.89. The second-order valence-corrected chi connectivity index (χ2v) is 9.89. The van der Waals surface area contributed by atoms with Gasteiger partial charge in [-0.2, -0.15) is 0 Å². The molecule has 31 heavy (non-hydrogen) atoms. The van der Waals surface area contributed by atoms with Crippen molar-refractivity contribution in [3.8, 4) is 17.0 Å². The van der Waals surface area contributed by atoms with Crippen molar-refractivity contribution in [1.82, 2.24) is 8.87 Å². The third kappa shape index (κ3) is 5.43. The number of thiazole rings is 1. The first kappa shape index (κ1) is 23.2. The average Bonchev–Trinajstić information content (AvgIpc) is 3.16. The fraction of sp³-hybridized carbons (Fsp3) is 0.318. The molecule has 0 saturated heterocycles. The van der Waals surface area contributed by atoms with Crippen LogP contribution in [0.25, 0.3) is 11.3 Å². The lowest BCUT2D eigenvalue weighted by molar-refractivity contribution is 0.187. The molecule has 0 N–H and O–H groups in total. The van der Waals surface area contributed by atoms with Gasteiger partial charge in [0.05, 0.1) is 29.5 Å².